The quantitative estimate of drug-likeness (QED) is 0.775. The van der Waals surface area contributed by atoms with Gasteiger partial charge in [-0.05, 0) is 58.8 Å². The largest absolute Gasteiger partial charge is 0.444 e. The van der Waals surface area contributed by atoms with Crippen molar-refractivity contribution in [2.45, 2.75) is 90.8 Å². The maximum Gasteiger partial charge on any atom is 0.407 e. The standard InChI is InChI=1S/C20H35N3O3/c1-14(2)17(22-19(25)26-20(3,4)5)11-12-18(24)23(6)16-9-7-15(13-21)8-10-16/h14-17H,7-12H2,1-6H3,(H,22,25)/t15?,16?,17-/m0/s1. The summed E-state index contributed by atoms with van der Waals surface area (Å²) in [6.45, 7) is 9.54. The number of amides is 2. The first-order valence-electron chi connectivity index (χ1n) is 9.68. The molecule has 1 fully saturated rings. The first-order chi connectivity index (χ1) is 12.0. The lowest BCUT2D eigenvalue weighted by molar-refractivity contribution is -0.132. The molecule has 1 rings (SSSR count). The van der Waals surface area contributed by atoms with E-state index in [1.165, 1.54) is 0 Å². The van der Waals surface area contributed by atoms with E-state index in [1.807, 2.05) is 46.6 Å². The van der Waals surface area contributed by atoms with Crippen molar-refractivity contribution in [3.05, 3.63) is 0 Å². The molecule has 0 heterocycles. The molecule has 1 aliphatic carbocycles. The number of ether oxygens (including phenoxy) is 1. The lowest BCUT2D eigenvalue weighted by Crippen LogP contribution is -2.43. The van der Waals surface area contributed by atoms with Gasteiger partial charge in [0.25, 0.3) is 0 Å². The first kappa shape index (κ1) is 22.3. The third-order valence-corrected chi connectivity index (χ3v) is 5.00. The fraction of sp³-hybridized carbons (Fsp3) is 0.850. The van der Waals surface area contributed by atoms with Gasteiger partial charge in [0.15, 0.2) is 0 Å². The summed E-state index contributed by atoms with van der Waals surface area (Å²) in [5, 5.41) is 11.9. The van der Waals surface area contributed by atoms with E-state index in [1.54, 1.807) is 0 Å². The summed E-state index contributed by atoms with van der Waals surface area (Å²) in [6, 6.07) is 2.45. The summed E-state index contributed by atoms with van der Waals surface area (Å²) in [6.07, 6.45) is 4.07. The van der Waals surface area contributed by atoms with Gasteiger partial charge in [-0.2, -0.15) is 5.26 Å². The van der Waals surface area contributed by atoms with E-state index < -0.39 is 11.7 Å². The van der Waals surface area contributed by atoms with Crippen molar-refractivity contribution >= 4 is 12.0 Å². The van der Waals surface area contributed by atoms with Crippen LogP contribution >= 0.6 is 0 Å². The van der Waals surface area contributed by atoms with Crippen molar-refractivity contribution in [2.24, 2.45) is 11.8 Å². The van der Waals surface area contributed by atoms with E-state index in [-0.39, 0.29) is 29.8 Å². The number of alkyl carbamates (subject to hydrolysis) is 1. The molecule has 2 amide bonds. The van der Waals surface area contributed by atoms with E-state index in [9.17, 15) is 9.59 Å². The molecule has 1 N–H and O–H groups in total. The highest BCUT2D eigenvalue weighted by atomic mass is 16.6. The highest BCUT2D eigenvalue weighted by Crippen LogP contribution is 2.27. The Bertz CT molecular complexity index is 511. The summed E-state index contributed by atoms with van der Waals surface area (Å²) in [7, 11) is 1.85. The van der Waals surface area contributed by atoms with E-state index in [0.717, 1.165) is 25.7 Å². The molecule has 6 nitrogen and oxygen atoms in total. The van der Waals surface area contributed by atoms with Gasteiger partial charge < -0.3 is 15.0 Å². The number of nitrogens with one attached hydrogen (secondary N) is 1. The number of nitriles is 1. The molecule has 0 aromatic rings. The highest BCUT2D eigenvalue weighted by Gasteiger charge is 2.27. The molecular formula is C20H35N3O3. The molecule has 148 valence electrons. The van der Waals surface area contributed by atoms with Gasteiger partial charge >= 0.3 is 6.09 Å². The van der Waals surface area contributed by atoms with Crippen LogP contribution in [-0.4, -0.2) is 41.6 Å². The maximum absolute atomic E-state index is 12.6. The Hall–Kier alpha value is -1.77. The summed E-state index contributed by atoms with van der Waals surface area (Å²) in [4.78, 5) is 26.4. The molecule has 1 atom stereocenters. The van der Waals surface area contributed by atoms with Gasteiger partial charge in [-0.3, -0.25) is 4.79 Å². The van der Waals surface area contributed by atoms with Crippen LogP contribution in [-0.2, 0) is 9.53 Å². The molecule has 1 saturated carbocycles. The Kier molecular flexibility index (Phi) is 8.39. The van der Waals surface area contributed by atoms with E-state index in [0.29, 0.717) is 12.8 Å². The van der Waals surface area contributed by atoms with Crippen molar-refractivity contribution in [1.82, 2.24) is 10.2 Å². The Balaban J connectivity index is 2.49. The minimum Gasteiger partial charge on any atom is -0.444 e. The van der Waals surface area contributed by atoms with Gasteiger partial charge in [-0.1, -0.05) is 13.8 Å². The first-order valence-corrected chi connectivity index (χ1v) is 9.68. The van der Waals surface area contributed by atoms with Crippen molar-refractivity contribution in [3.63, 3.8) is 0 Å². The molecule has 1 aliphatic rings. The topological polar surface area (TPSA) is 82.4 Å². The molecule has 6 heteroatoms. The molecule has 0 aromatic carbocycles. The Morgan fingerprint density at radius 3 is 2.27 bits per heavy atom. The molecule has 0 spiro atoms. The maximum atomic E-state index is 12.6. The zero-order valence-electron chi connectivity index (χ0n) is 17.2. The number of carbonyl (C=O) groups is 2. The number of carbonyl (C=O) groups excluding carboxylic acids is 2. The van der Waals surface area contributed by atoms with Gasteiger partial charge in [0.05, 0.1) is 6.07 Å². The zero-order valence-corrected chi connectivity index (χ0v) is 17.2. The smallest absolute Gasteiger partial charge is 0.407 e. The second-order valence-corrected chi connectivity index (χ2v) is 8.67. The van der Waals surface area contributed by atoms with Crippen LogP contribution in [0, 0.1) is 23.2 Å². The average molecular weight is 366 g/mol. The van der Waals surface area contributed by atoms with Crippen molar-refractivity contribution in [1.29, 1.82) is 5.26 Å². The monoisotopic (exact) mass is 365 g/mol. The van der Waals surface area contributed by atoms with Crippen LogP contribution in [0.3, 0.4) is 0 Å². The zero-order chi connectivity index (χ0) is 19.9. The fourth-order valence-corrected chi connectivity index (χ4v) is 3.28. The molecule has 0 saturated heterocycles. The molecule has 0 unspecified atom stereocenters. The third-order valence-electron chi connectivity index (χ3n) is 5.00. The molecule has 0 aromatic heterocycles. The molecule has 0 bridgehead atoms. The normalized spacial score (nSPS) is 21.6. The molecule has 0 radical (unpaired) electrons. The van der Waals surface area contributed by atoms with Crippen LogP contribution in [0.2, 0.25) is 0 Å². The van der Waals surface area contributed by atoms with Crippen LogP contribution in [0.1, 0.15) is 73.1 Å². The van der Waals surface area contributed by atoms with Crippen molar-refractivity contribution < 1.29 is 14.3 Å². The Morgan fingerprint density at radius 2 is 1.81 bits per heavy atom. The van der Waals surface area contributed by atoms with Gasteiger partial charge in [0.1, 0.15) is 5.60 Å². The van der Waals surface area contributed by atoms with Crippen LogP contribution in [0.25, 0.3) is 0 Å². The third kappa shape index (κ3) is 7.63. The lowest BCUT2D eigenvalue weighted by atomic mass is 9.86. The molecular weight excluding hydrogens is 330 g/mol. The number of nitrogens with zero attached hydrogens (tertiary/aromatic N) is 2. The number of hydrogen-bond acceptors (Lipinski definition) is 4. The summed E-state index contributed by atoms with van der Waals surface area (Å²) in [5.41, 5.74) is -0.538. The minimum atomic E-state index is -0.538. The van der Waals surface area contributed by atoms with Gasteiger partial charge in [0.2, 0.25) is 5.91 Å². The second kappa shape index (κ2) is 9.80. The lowest BCUT2D eigenvalue weighted by Gasteiger charge is -2.33. The number of hydrogen-bond donors (Lipinski definition) is 1. The van der Waals surface area contributed by atoms with E-state index in [4.69, 9.17) is 10.00 Å². The highest BCUT2D eigenvalue weighted by molar-refractivity contribution is 5.76. The number of rotatable bonds is 6. The molecule has 0 aliphatic heterocycles. The van der Waals surface area contributed by atoms with Crippen molar-refractivity contribution in [3.8, 4) is 6.07 Å². The summed E-state index contributed by atoms with van der Waals surface area (Å²) < 4.78 is 5.32. The fourth-order valence-electron chi connectivity index (χ4n) is 3.28. The summed E-state index contributed by atoms with van der Waals surface area (Å²) in [5.74, 6) is 0.451. The predicted octanol–water partition coefficient (Wildman–Crippen LogP) is 3.86. The van der Waals surface area contributed by atoms with Crippen LogP contribution in [0.15, 0.2) is 0 Å². The van der Waals surface area contributed by atoms with Gasteiger partial charge in [0, 0.05) is 31.5 Å². The van der Waals surface area contributed by atoms with Crippen LogP contribution in [0.5, 0.6) is 0 Å². The van der Waals surface area contributed by atoms with E-state index in [2.05, 4.69) is 11.4 Å². The van der Waals surface area contributed by atoms with Gasteiger partial charge in [-0.25, -0.2) is 4.79 Å². The molecule has 26 heavy (non-hydrogen) atoms. The Morgan fingerprint density at radius 1 is 1.23 bits per heavy atom. The van der Waals surface area contributed by atoms with Crippen LogP contribution in [0.4, 0.5) is 4.79 Å². The second-order valence-electron chi connectivity index (χ2n) is 8.67. The summed E-state index contributed by atoms with van der Waals surface area (Å²) >= 11 is 0. The van der Waals surface area contributed by atoms with E-state index >= 15 is 0 Å². The minimum absolute atomic E-state index is 0.0991. The van der Waals surface area contributed by atoms with Crippen LogP contribution < -0.4 is 5.32 Å². The van der Waals surface area contributed by atoms with Crippen molar-refractivity contribution in [2.75, 3.05) is 7.05 Å². The van der Waals surface area contributed by atoms with Gasteiger partial charge in [-0.15, -0.1) is 0 Å². The SMILES string of the molecule is CC(C)[C@H](CCC(=O)N(C)C1CCC(C#N)CC1)NC(=O)OC(C)(C)C. The predicted molar refractivity (Wildman–Crippen MR) is 101 cm³/mol. The average Bonchev–Trinajstić information content (AvgIpc) is 2.55. The Labute approximate surface area is 158 Å².